The molecule has 1 amide bonds. The lowest BCUT2D eigenvalue weighted by molar-refractivity contribution is -0.116. The van der Waals surface area contributed by atoms with Gasteiger partial charge in [0.1, 0.15) is 11.9 Å². The molecule has 0 saturated heterocycles. The van der Waals surface area contributed by atoms with Gasteiger partial charge < -0.3 is 4.74 Å². The molecule has 0 saturated carbocycles. The van der Waals surface area contributed by atoms with Crippen molar-refractivity contribution in [1.29, 1.82) is 5.41 Å². The van der Waals surface area contributed by atoms with Crippen molar-refractivity contribution in [3.8, 4) is 0 Å². The van der Waals surface area contributed by atoms with Gasteiger partial charge in [-0.1, -0.05) is 0 Å². The third-order valence-electron chi connectivity index (χ3n) is 2.97. The number of benzene rings is 1. The summed E-state index contributed by atoms with van der Waals surface area (Å²) in [6.45, 7) is 3.60. The van der Waals surface area contributed by atoms with Crippen LogP contribution in [0.1, 0.15) is 19.4 Å². The lowest BCUT2D eigenvalue weighted by atomic mass is 10.1. The fraction of sp³-hybridized carbons (Fsp3) is 0.385. The van der Waals surface area contributed by atoms with Gasteiger partial charge in [-0.25, -0.2) is 4.39 Å². The van der Waals surface area contributed by atoms with Crippen LogP contribution in [0.15, 0.2) is 18.2 Å². The summed E-state index contributed by atoms with van der Waals surface area (Å²) in [5.41, 5.74) is 1.40. The van der Waals surface area contributed by atoms with Crippen molar-refractivity contribution < 1.29 is 13.9 Å². The molecule has 1 aliphatic heterocycles. The maximum absolute atomic E-state index is 13.2. The van der Waals surface area contributed by atoms with Crippen LogP contribution in [0.3, 0.4) is 0 Å². The average molecular weight is 287 g/mol. The minimum Gasteiger partial charge on any atom is -0.480 e. The molecular formula is C13H16ClFN2O2. The highest BCUT2D eigenvalue weighted by atomic mass is 35.5. The molecule has 4 nitrogen and oxygen atoms in total. The van der Waals surface area contributed by atoms with Gasteiger partial charge in [0.2, 0.25) is 11.8 Å². The van der Waals surface area contributed by atoms with Gasteiger partial charge in [-0.3, -0.25) is 15.1 Å². The van der Waals surface area contributed by atoms with E-state index in [1.165, 1.54) is 24.0 Å². The Hall–Kier alpha value is -1.62. The van der Waals surface area contributed by atoms with Crippen LogP contribution >= 0.6 is 12.4 Å². The number of amides is 1. The number of carbonyl (C=O) groups is 1. The first-order valence-corrected chi connectivity index (χ1v) is 5.84. The molecule has 0 spiro atoms. The van der Waals surface area contributed by atoms with Crippen LogP contribution < -0.4 is 4.90 Å². The van der Waals surface area contributed by atoms with Crippen molar-refractivity contribution in [2.45, 2.75) is 26.3 Å². The molecule has 0 fully saturated rings. The second-order valence-electron chi connectivity index (χ2n) is 4.18. The molecule has 0 aliphatic carbocycles. The highest BCUT2D eigenvalue weighted by Gasteiger charge is 2.36. The Bertz CT molecular complexity index is 507. The van der Waals surface area contributed by atoms with Crippen molar-refractivity contribution in [1.82, 2.24) is 0 Å². The van der Waals surface area contributed by atoms with Crippen LogP contribution in [0, 0.1) is 11.2 Å². The number of carbonyl (C=O) groups excluding carboxylic acids is 1. The summed E-state index contributed by atoms with van der Waals surface area (Å²) < 4.78 is 18.3. The van der Waals surface area contributed by atoms with Crippen LogP contribution in [-0.2, 0) is 16.0 Å². The van der Waals surface area contributed by atoms with Crippen molar-refractivity contribution >= 4 is 29.9 Å². The highest BCUT2D eigenvalue weighted by Crippen LogP contribution is 2.33. The molecule has 1 N–H and O–H groups in total. The Labute approximate surface area is 117 Å². The van der Waals surface area contributed by atoms with Crippen LogP contribution in [0.5, 0.6) is 0 Å². The predicted octanol–water partition coefficient (Wildman–Crippen LogP) is 2.54. The Morgan fingerprint density at radius 1 is 1.58 bits per heavy atom. The number of nitrogens with one attached hydrogen (secondary N) is 1. The molecule has 0 radical (unpaired) electrons. The SMILES string of the molecule is CCOC(=N)C1Cc2cc(F)ccc2N1C(C)=O.Cl. The summed E-state index contributed by atoms with van der Waals surface area (Å²) in [4.78, 5) is 13.2. The Morgan fingerprint density at radius 3 is 2.84 bits per heavy atom. The molecule has 104 valence electrons. The summed E-state index contributed by atoms with van der Waals surface area (Å²) in [6, 6.07) is 3.84. The number of ether oxygens (including phenoxy) is 1. The number of anilines is 1. The van der Waals surface area contributed by atoms with E-state index in [0.717, 1.165) is 5.56 Å². The zero-order valence-corrected chi connectivity index (χ0v) is 11.6. The zero-order chi connectivity index (χ0) is 13.3. The molecule has 1 aliphatic rings. The maximum Gasteiger partial charge on any atom is 0.224 e. The molecule has 1 aromatic carbocycles. The summed E-state index contributed by atoms with van der Waals surface area (Å²) in [5.74, 6) is -0.458. The minimum atomic E-state index is -0.459. The van der Waals surface area contributed by atoms with Crippen molar-refractivity contribution in [3.05, 3.63) is 29.6 Å². The Morgan fingerprint density at radius 2 is 2.26 bits per heavy atom. The molecular weight excluding hydrogens is 271 g/mol. The van der Waals surface area contributed by atoms with E-state index in [0.29, 0.717) is 18.7 Å². The maximum atomic E-state index is 13.2. The van der Waals surface area contributed by atoms with Crippen LogP contribution in [0.4, 0.5) is 10.1 Å². The molecule has 1 aromatic rings. The van der Waals surface area contributed by atoms with Gasteiger partial charge >= 0.3 is 0 Å². The van der Waals surface area contributed by atoms with Crippen LogP contribution in [0.2, 0.25) is 0 Å². The summed E-state index contributed by atoms with van der Waals surface area (Å²) in [7, 11) is 0. The van der Waals surface area contributed by atoms with E-state index in [2.05, 4.69) is 0 Å². The second-order valence-corrected chi connectivity index (χ2v) is 4.18. The quantitative estimate of drug-likeness (QED) is 0.671. The molecule has 1 unspecified atom stereocenters. The molecule has 0 bridgehead atoms. The monoisotopic (exact) mass is 286 g/mol. The Kier molecular flexibility index (Phi) is 4.89. The molecule has 1 heterocycles. The largest absolute Gasteiger partial charge is 0.480 e. The van der Waals surface area contributed by atoms with E-state index >= 15 is 0 Å². The smallest absolute Gasteiger partial charge is 0.224 e. The summed E-state index contributed by atoms with van der Waals surface area (Å²) in [6.07, 6.45) is 0.422. The van der Waals surface area contributed by atoms with Gasteiger partial charge in [-0.15, -0.1) is 12.4 Å². The molecule has 0 aromatic heterocycles. The standard InChI is InChI=1S/C13H15FN2O2.ClH/c1-3-18-13(15)12-7-9-6-10(14)4-5-11(9)16(12)8(2)17;/h4-6,12,15H,3,7H2,1-2H3;1H. The first kappa shape index (κ1) is 15.4. The fourth-order valence-electron chi connectivity index (χ4n) is 2.27. The number of nitrogens with zero attached hydrogens (tertiary/aromatic N) is 1. The Balaban J connectivity index is 0.00000180. The minimum absolute atomic E-state index is 0. The fourth-order valence-corrected chi connectivity index (χ4v) is 2.27. The van der Waals surface area contributed by atoms with E-state index in [1.54, 1.807) is 13.0 Å². The van der Waals surface area contributed by atoms with E-state index in [9.17, 15) is 9.18 Å². The second kappa shape index (κ2) is 6.02. The van der Waals surface area contributed by atoms with Gasteiger partial charge in [-0.2, -0.15) is 0 Å². The highest BCUT2D eigenvalue weighted by molar-refractivity contribution is 6.01. The first-order chi connectivity index (χ1) is 8.54. The third kappa shape index (κ3) is 2.87. The number of hydrogen-bond acceptors (Lipinski definition) is 3. The number of fused-ring (bicyclic) bond motifs is 1. The predicted molar refractivity (Wildman–Crippen MR) is 73.7 cm³/mol. The molecule has 2 rings (SSSR count). The van der Waals surface area contributed by atoms with E-state index in [4.69, 9.17) is 10.1 Å². The van der Waals surface area contributed by atoms with E-state index < -0.39 is 6.04 Å². The van der Waals surface area contributed by atoms with Gasteiger partial charge in [0, 0.05) is 19.0 Å². The van der Waals surface area contributed by atoms with Crippen molar-refractivity contribution in [2.75, 3.05) is 11.5 Å². The van der Waals surface area contributed by atoms with Gasteiger partial charge in [0.15, 0.2) is 0 Å². The summed E-state index contributed by atoms with van der Waals surface area (Å²) >= 11 is 0. The first-order valence-electron chi connectivity index (χ1n) is 5.84. The summed E-state index contributed by atoms with van der Waals surface area (Å²) in [5, 5.41) is 7.83. The van der Waals surface area contributed by atoms with Crippen LogP contribution in [-0.4, -0.2) is 24.5 Å². The number of hydrogen-bond donors (Lipinski definition) is 1. The lowest BCUT2D eigenvalue weighted by Gasteiger charge is -2.24. The zero-order valence-electron chi connectivity index (χ0n) is 10.8. The van der Waals surface area contributed by atoms with E-state index in [-0.39, 0.29) is 30.0 Å². The van der Waals surface area contributed by atoms with Crippen LogP contribution in [0.25, 0.3) is 0 Å². The molecule has 6 heteroatoms. The molecule has 1 atom stereocenters. The van der Waals surface area contributed by atoms with E-state index in [1.807, 2.05) is 0 Å². The van der Waals surface area contributed by atoms with Crippen molar-refractivity contribution in [3.63, 3.8) is 0 Å². The molecule has 19 heavy (non-hydrogen) atoms. The number of halogens is 2. The topological polar surface area (TPSA) is 53.4 Å². The third-order valence-corrected chi connectivity index (χ3v) is 2.97. The van der Waals surface area contributed by atoms with Gasteiger partial charge in [0.25, 0.3) is 0 Å². The van der Waals surface area contributed by atoms with Gasteiger partial charge in [-0.05, 0) is 30.7 Å². The normalized spacial score (nSPS) is 16.6. The lowest BCUT2D eigenvalue weighted by Crippen LogP contribution is -2.42. The number of rotatable bonds is 2. The average Bonchev–Trinajstić information content (AvgIpc) is 2.67. The van der Waals surface area contributed by atoms with Gasteiger partial charge in [0.05, 0.1) is 6.61 Å². The van der Waals surface area contributed by atoms with Crippen molar-refractivity contribution in [2.24, 2.45) is 0 Å².